The summed E-state index contributed by atoms with van der Waals surface area (Å²) < 4.78 is 0. The standard InChI is InChI=1S/C13H16N4/c1-2-11(10-6-4-3-5-7-10)16-13-9-15-8-12(14)17-13/h3-9,11H,2H2,1H3,(H3,14,16,17). The highest BCUT2D eigenvalue weighted by Crippen LogP contribution is 2.20. The Balaban J connectivity index is 2.16. The third-order valence-electron chi connectivity index (χ3n) is 2.59. The van der Waals surface area contributed by atoms with Crippen molar-refractivity contribution in [2.45, 2.75) is 19.4 Å². The van der Waals surface area contributed by atoms with Crippen molar-refractivity contribution in [3.8, 4) is 0 Å². The lowest BCUT2D eigenvalue weighted by Crippen LogP contribution is -2.11. The number of benzene rings is 1. The Morgan fingerprint density at radius 2 is 2.00 bits per heavy atom. The fourth-order valence-electron chi connectivity index (χ4n) is 1.74. The highest BCUT2D eigenvalue weighted by atomic mass is 15.1. The molecular weight excluding hydrogens is 212 g/mol. The number of nitrogens with one attached hydrogen (secondary N) is 1. The van der Waals surface area contributed by atoms with Crippen LogP contribution in [0.2, 0.25) is 0 Å². The fraction of sp³-hybridized carbons (Fsp3) is 0.231. The first kappa shape index (κ1) is 11.4. The molecule has 0 saturated carbocycles. The van der Waals surface area contributed by atoms with Gasteiger partial charge in [0.2, 0.25) is 0 Å². The highest BCUT2D eigenvalue weighted by molar-refractivity contribution is 5.41. The van der Waals surface area contributed by atoms with E-state index in [2.05, 4.69) is 34.3 Å². The number of anilines is 2. The Morgan fingerprint density at radius 3 is 2.65 bits per heavy atom. The molecule has 0 amide bonds. The quantitative estimate of drug-likeness (QED) is 0.844. The molecule has 2 aromatic rings. The van der Waals surface area contributed by atoms with Crippen LogP contribution in [0.1, 0.15) is 24.9 Å². The largest absolute Gasteiger partial charge is 0.382 e. The van der Waals surface area contributed by atoms with Gasteiger partial charge in [-0.3, -0.25) is 4.98 Å². The van der Waals surface area contributed by atoms with Gasteiger partial charge < -0.3 is 11.1 Å². The van der Waals surface area contributed by atoms with Crippen molar-refractivity contribution in [2.75, 3.05) is 11.1 Å². The van der Waals surface area contributed by atoms with Crippen LogP contribution in [0, 0.1) is 0 Å². The van der Waals surface area contributed by atoms with Gasteiger partial charge in [0.15, 0.2) is 0 Å². The average molecular weight is 228 g/mol. The zero-order chi connectivity index (χ0) is 12.1. The molecule has 0 saturated heterocycles. The van der Waals surface area contributed by atoms with Gasteiger partial charge in [-0.2, -0.15) is 0 Å². The molecule has 1 aromatic carbocycles. The van der Waals surface area contributed by atoms with Crippen LogP contribution < -0.4 is 11.1 Å². The van der Waals surface area contributed by atoms with Crippen molar-refractivity contribution in [2.24, 2.45) is 0 Å². The first-order chi connectivity index (χ1) is 8.29. The number of hydrogen-bond acceptors (Lipinski definition) is 4. The van der Waals surface area contributed by atoms with Crippen LogP contribution in [0.15, 0.2) is 42.7 Å². The maximum atomic E-state index is 5.60. The highest BCUT2D eigenvalue weighted by Gasteiger charge is 2.09. The van der Waals surface area contributed by atoms with Gasteiger partial charge >= 0.3 is 0 Å². The summed E-state index contributed by atoms with van der Waals surface area (Å²) in [4.78, 5) is 8.21. The van der Waals surface area contributed by atoms with Gasteiger partial charge in [0.1, 0.15) is 11.6 Å². The van der Waals surface area contributed by atoms with Crippen molar-refractivity contribution in [1.82, 2.24) is 9.97 Å². The van der Waals surface area contributed by atoms with Gasteiger partial charge in [-0.25, -0.2) is 4.98 Å². The second-order valence-electron chi connectivity index (χ2n) is 3.85. The zero-order valence-electron chi connectivity index (χ0n) is 9.80. The zero-order valence-corrected chi connectivity index (χ0v) is 9.80. The van der Waals surface area contributed by atoms with E-state index < -0.39 is 0 Å². The van der Waals surface area contributed by atoms with E-state index in [1.807, 2.05) is 18.2 Å². The summed E-state index contributed by atoms with van der Waals surface area (Å²) in [6, 6.07) is 10.5. The summed E-state index contributed by atoms with van der Waals surface area (Å²) in [5.41, 5.74) is 6.84. The number of rotatable bonds is 4. The number of aromatic nitrogens is 2. The third kappa shape index (κ3) is 2.93. The van der Waals surface area contributed by atoms with E-state index in [-0.39, 0.29) is 6.04 Å². The molecule has 1 aromatic heterocycles. The molecule has 0 radical (unpaired) electrons. The molecule has 4 heteroatoms. The van der Waals surface area contributed by atoms with Crippen molar-refractivity contribution in [1.29, 1.82) is 0 Å². The summed E-state index contributed by atoms with van der Waals surface area (Å²) in [5, 5.41) is 3.33. The molecule has 2 rings (SSSR count). The first-order valence-electron chi connectivity index (χ1n) is 5.68. The van der Waals surface area contributed by atoms with Crippen LogP contribution in [-0.2, 0) is 0 Å². The fourth-order valence-corrected chi connectivity index (χ4v) is 1.74. The van der Waals surface area contributed by atoms with Crippen LogP contribution in [0.3, 0.4) is 0 Å². The van der Waals surface area contributed by atoms with Gasteiger partial charge in [-0.15, -0.1) is 0 Å². The summed E-state index contributed by atoms with van der Waals surface area (Å²) in [5.74, 6) is 1.14. The number of nitrogens with zero attached hydrogens (tertiary/aromatic N) is 2. The Bertz CT molecular complexity index is 470. The van der Waals surface area contributed by atoms with E-state index in [4.69, 9.17) is 5.73 Å². The van der Waals surface area contributed by atoms with Crippen molar-refractivity contribution >= 4 is 11.6 Å². The Morgan fingerprint density at radius 1 is 1.24 bits per heavy atom. The summed E-state index contributed by atoms with van der Waals surface area (Å²) in [6.07, 6.45) is 4.19. The molecule has 0 aliphatic rings. The Kier molecular flexibility index (Phi) is 3.55. The third-order valence-corrected chi connectivity index (χ3v) is 2.59. The lowest BCUT2D eigenvalue weighted by atomic mass is 10.1. The predicted molar refractivity (Wildman–Crippen MR) is 69.5 cm³/mol. The van der Waals surface area contributed by atoms with E-state index in [0.29, 0.717) is 11.6 Å². The minimum Gasteiger partial charge on any atom is -0.382 e. The minimum absolute atomic E-state index is 0.229. The number of nitrogens with two attached hydrogens (primary N) is 1. The van der Waals surface area contributed by atoms with Crippen molar-refractivity contribution in [3.63, 3.8) is 0 Å². The summed E-state index contributed by atoms with van der Waals surface area (Å²) in [6.45, 7) is 2.13. The molecule has 0 spiro atoms. The van der Waals surface area contributed by atoms with Crippen molar-refractivity contribution < 1.29 is 0 Å². The second-order valence-corrected chi connectivity index (χ2v) is 3.85. The molecule has 1 heterocycles. The molecule has 4 nitrogen and oxygen atoms in total. The lowest BCUT2D eigenvalue weighted by molar-refractivity contribution is 0.744. The van der Waals surface area contributed by atoms with E-state index >= 15 is 0 Å². The molecule has 1 atom stereocenters. The van der Waals surface area contributed by atoms with Crippen LogP contribution >= 0.6 is 0 Å². The molecule has 88 valence electrons. The SMILES string of the molecule is CCC(Nc1cncc(N)n1)c1ccccc1. The molecule has 0 aliphatic carbocycles. The molecule has 17 heavy (non-hydrogen) atoms. The molecular formula is C13H16N4. The predicted octanol–water partition coefficient (Wildman–Crippen LogP) is 2.62. The van der Waals surface area contributed by atoms with E-state index in [1.54, 1.807) is 6.20 Å². The molecule has 0 fully saturated rings. The van der Waals surface area contributed by atoms with Crippen LogP contribution in [0.4, 0.5) is 11.6 Å². The van der Waals surface area contributed by atoms with Crippen molar-refractivity contribution in [3.05, 3.63) is 48.3 Å². The van der Waals surface area contributed by atoms with Crippen LogP contribution in [0.25, 0.3) is 0 Å². The van der Waals surface area contributed by atoms with Gasteiger partial charge in [0.05, 0.1) is 18.4 Å². The van der Waals surface area contributed by atoms with Crippen LogP contribution in [0.5, 0.6) is 0 Å². The monoisotopic (exact) mass is 228 g/mol. The number of nitrogen functional groups attached to an aromatic ring is 1. The normalized spacial score (nSPS) is 12.1. The van der Waals surface area contributed by atoms with Gasteiger partial charge in [0.25, 0.3) is 0 Å². The smallest absolute Gasteiger partial charge is 0.147 e. The molecule has 1 unspecified atom stereocenters. The Hall–Kier alpha value is -2.10. The molecule has 0 aliphatic heterocycles. The summed E-state index contributed by atoms with van der Waals surface area (Å²) in [7, 11) is 0. The number of hydrogen-bond donors (Lipinski definition) is 2. The minimum atomic E-state index is 0.229. The average Bonchev–Trinajstić information content (AvgIpc) is 2.37. The van der Waals surface area contributed by atoms with E-state index in [1.165, 1.54) is 11.8 Å². The maximum Gasteiger partial charge on any atom is 0.147 e. The summed E-state index contributed by atoms with van der Waals surface area (Å²) >= 11 is 0. The lowest BCUT2D eigenvalue weighted by Gasteiger charge is -2.17. The first-order valence-corrected chi connectivity index (χ1v) is 5.68. The molecule has 3 N–H and O–H groups in total. The maximum absolute atomic E-state index is 5.60. The van der Waals surface area contributed by atoms with E-state index in [9.17, 15) is 0 Å². The van der Waals surface area contributed by atoms with Crippen LogP contribution in [-0.4, -0.2) is 9.97 Å². The molecule has 0 bridgehead atoms. The second kappa shape index (κ2) is 5.30. The van der Waals surface area contributed by atoms with Gasteiger partial charge in [-0.05, 0) is 12.0 Å². The van der Waals surface area contributed by atoms with Gasteiger partial charge in [0, 0.05) is 0 Å². The Labute approximate surface area is 101 Å². The van der Waals surface area contributed by atoms with E-state index in [0.717, 1.165) is 6.42 Å². The topological polar surface area (TPSA) is 63.8 Å². The van der Waals surface area contributed by atoms with Gasteiger partial charge in [-0.1, -0.05) is 37.3 Å².